The molecule has 1 aliphatic rings. The third-order valence-corrected chi connectivity index (χ3v) is 6.63. The lowest BCUT2D eigenvalue weighted by Crippen LogP contribution is -2.42. The first-order valence-electron chi connectivity index (χ1n) is 12.1. The number of benzene rings is 3. The summed E-state index contributed by atoms with van der Waals surface area (Å²) in [6.07, 6.45) is 0.271. The van der Waals surface area contributed by atoms with Crippen LogP contribution < -0.4 is 14.8 Å². The second-order valence-electron chi connectivity index (χ2n) is 9.29. The molecule has 5 rings (SSSR count). The Bertz CT molecular complexity index is 1430. The second kappa shape index (κ2) is 10.4. The molecule has 4 aromatic rings. The van der Waals surface area contributed by atoms with Crippen molar-refractivity contribution < 1.29 is 29.3 Å². The third kappa shape index (κ3) is 5.15. The molecule has 2 unspecified atom stereocenters. The SMILES string of the molecule is C[C@H](Cc1cn(C(=O)O)c2ccccc12)NC(=O)C(c1ccc2c(c1)OCO2)C(O)Cc1ccccc1. The number of aliphatic hydroxyl groups excluding tert-OH is 1. The molecule has 3 N–H and O–H groups in total. The molecule has 37 heavy (non-hydrogen) atoms. The van der Waals surface area contributed by atoms with Crippen molar-refractivity contribution >= 4 is 22.9 Å². The molecule has 0 bridgehead atoms. The molecule has 0 spiro atoms. The number of para-hydroxylation sites is 1. The number of hydrogen-bond donors (Lipinski definition) is 3. The predicted molar refractivity (Wildman–Crippen MR) is 138 cm³/mol. The van der Waals surface area contributed by atoms with E-state index in [2.05, 4.69) is 5.32 Å². The van der Waals surface area contributed by atoms with E-state index in [9.17, 15) is 19.8 Å². The van der Waals surface area contributed by atoms with E-state index in [0.29, 0.717) is 35.4 Å². The molecule has 8 heteroatoms. The standard InChI is InChI=1S/C29H28N2O6/c1-18(13-21-16-31(29(34)35)23-10-6-5-9-22(21)23)30-28(33)27(24(32)14-19-7-3-2-4-8-19)20-11-12-25-26(15-20)37-17-36-25/h2-12,15-16,18,24,27,32H,13-14,17H2,1H3,(H,30,33)(H,34,35)/t18-,24?,27?/m1/s1. The quantitative estimate of drug-likeness (QED) is 0.332. The number of aromatic nitrogens is 1. The molecule has 8 nitrogen and oxygen atoms in total. The Balaban J connectivity index is 1.38. The summed E-state index contributed by atoms with van der Waals surface area (Å²) < 4.78 is 12.1. The molecule has 3 atom stereocenters. The van der Waals surface area contributed by atoms with Gasteiger partial charge in [0.25, 0.3) is 0 Å². The third-order valence-electron chi connectivity index (χ3n) is 6.63. The maximum absolute atomic E-state index is 13.6. The number of nitrogens with zero attached hydrogens (tertiary/aromatic N) is 1. The highest BCUT2D eigenvalue weighted by Gasteiger charge is 2.31. The molecule has 0 fully saturated rings. The zero-order chi connectivity index (χ0) is 25.9. The Morgan fingerprint density at radius 1 is 0.973 bits per heavy atom. The van der Waals surface area contributed by atoms with Crippen LogP contribution in [-0.4, -0.2) is 45.7 Å². The van der Waals surface area contributed by atoms with Crippen molar-refractivity contribution in [1.29, 1.82) is 0 Å². The van der Waals surface area contributed by atoms with Crippen LogP contribution in [0.1, 0.15) is 29.5 Å². The van der Waals surface area contributed by atoms with Crippen LogP contribution in [0.2, 0.25) is 0 Å². The van der Waals surface area contributed by atoms with Crippen LogP contribution in [0.3, 0.4) is 0 Å². The van der Waals surface area contributed by atoms with Gasteiger partial charge in [-0.05, 0) is 54.7 Å². The molecular weight excluding hydrogens is 472 g/mol. The largest absolute Gasteiger partial charge is 0.464 e. The van der Waals surface area contributed by atoms with Gasteiger partial charge >= 0.3 is 6.09 Å². The Labute approximate surface area is 214 Å². The number of nitrogens with one attached hydrogen (secondary N) is 1. The van der Waals surface area contributed by atoms with Crippen LogP contribution in [0, 0.1) is 0 Å². The smallest absolute Gasteiger partial charge is 0.416 e. The fourth-order valence-corrected chi connectivity index (χ4v) is 4.91. The van der Waals surface area contributed by atoms with E-state index >= 15 is 0 Å². The van der Waals surface area contributed by atoms with Crippen molar-refractivity contribution in [2.75, 3.05) is 6.79 Å². The highest BCUT2D eigenvalue weighted by Crippen LogP contribution is 2.36. The first-order chi connectivity index (χ1) is 17.9. The highest BCUT2D eigenvalue weighted by atomic mass is 16.7. The van der Waals surface area contributed by atoms with Gasteiger partial charge in [0.1, 0.15) is 0 Å². The normalized spacial score (nSPS) is 14.8. The molecule has 0 saturated heterocycles. The average molecular weight is 501 g/mol. The summed E-state index contributed by atoms with van der Waals surface area (Å²) in [4.78, 5) is 25.3. The average Bonchev–Trinajstić information content (AvgIpc) is 3.49. The number of carbonyl (C=O) groups is 2. The van der Waals surface area contributed by atoms with Crippen LogP contribution in [0.5, 0.6) is 11.5 Å². The van der Waals surface area contributed by atoms with Gasteiger partial charge < -0.3 is 25.0 Å². The summed E-state index contributed by atoms with van der Waals surface area (Å²) in [5, 5.41) is 24.7. The topological polar surface area (TPSA) is 110 Å². The number of carboxylic acid groups (broad SMARTS) is 1. The minimum absolute atomic E-state index is 0.114. The minimum Gasteiger partial charge on any atom is -0.464 e. The van der Waals surface area contributed by atoms with Crippen molar-refractivity contribution in [3.63, 3.8) is 0 Å². The molecule has 0 radical (unpaired) electrons. The minimum atomic E-state index is -1.06. The summed E-state index contributed by atoms with van der Waals surface area (Å²) in [7, 11) is 0. The molecule has 1 amide bonds. The molecule has 2 heterocycles. The molecule has 0 saturated carbocycles. The predicted octanol–water partition coefficient (Wildman–Crippen LogP) is 4.33. The number of aliphatic hydroxyl groups is 1. The molecule has 0 aliphatic carbocycles. The number of rotatable bonds is 8. The van der Waals surface area contributed by atoms with E-state index in [1.54, 1.807) is 36.5 Å². The van der Waals surface area contributed by atoms with Gasteiger partial charge in [0, 0.05) is 17.6 Å². The summed E-state index contributed by atoms with van der Waals surface area (Å²) in [6.45, 7) is 1.98. The van der Waals surface area contributed by atoms with E-state index in [4.69, 9.17) is 9.47 Å². The second-order valence-corrected chi connectivity index (χ2v) is 9.29. The Morgan fingerprint density at radius 3 is 2.49 bits per heavy atom. The first kappa shape index (κ1) is 24.4. The van der Waals surface area contributed by atoms with Crippen molar-refractivity contribution in [3.8, 4) is 11.5 Å². The summed E-state index contributed by atoms with van der Waals surface area (Å²) >= 11 is 0. The summed E-state index contributed by atoms with van der Waals surface area (Å²) in [5.74, 6) is -0.0327. The maximum atomic E-state index is 13.6. The number of hydrogen-bond acceptors (Lipinski definition) is 5. The lowest BCUT2D eigenvalue weighted by Gasteiger charge is -2.25. The van der Waals surface area contributed by atoms with Crippen LogP contribution in [0.15, 0.2) is 79.0 Å². The van der Waals surface area contributed by atoms with Gasteiger partial charge in [0.15, 0.2) is 11.5 Å². The lowest BCUT2D eigenvalue weighted by atomic mass is 9.88. The van der Waals surface area contributed by atoms with Crippen LogP contribution in [0.25, 0.3) is 10.9 Å². The van der Waals surface area contributed by atoms with Crippen molar-refractivity contribution in [2.24, 2.45) is 0 Å². The van der Waals surface area contributed by atoms with Crippen LogP contribution >= 0.6 is 0 Å². The maximum Gasteiger partial charge on any atom is 0.416 e. The molecule has 1 aliphatic heterocycles. The summed E-state index contributed by atoms with van der Waals surface area (Å²) in [5.41, 5.74) is 2.96. The Morgan fingerprint density at radius 2 is 1.70 bits per heavy atom. The fourth-order valence-electron chi connectivity index (χ4n) is 4.91. The van der Waals surface area contributed by atoms with Gasteiger partial charge in [0.2, 0.25) is 12.7 Å². The Kier molecular flexibility index (Phi) is 6.83. The zero-order valence-corrected chi connectivity index (χ0v) is 20.3. The highest BCUT2D eigenvalue weighted by molar-refractivity contribution is 5.91. The molecule has 3 aromatic carbocycles. The van der Waals surface area contributed by atoms with Gasteiger partial charge in [-0.2, -0.15) is 0 Å². The van der Waals surface area contributed by atoms with Gasteiger partial charge in [-0.15, -0.1) is 0 Å². The number of carbonyl (C=O) groups excluding carboxylic acids is 1. The van der Waals surface area contributed by atoms with Crippen molar-refractivity contribution in [2.45, 2.75) is 37.8 Å². The van der Waals surface area contributed by atoms with Gasteiger partial charge in [-0.25, -0.2) is 4.79 Å². The van der Waals surface area contributed by atoms with Gasteiger partial charge in [-0.1, -0.05) is 54.6 Å². The van der Waals surface area contributed by atoms with Crippen LogP contribution in [0.4, 0.5) is 4.79 Å². The van der Waals surface area contributed by atoms with E-state index < -0.39 is 18.1 Å². The zero-order valence-electron chi connectivity index (χ0n) is 20.3. The number of fused-ring (bicyclic) bond motifs is 2. The van der Waals surface area contributed by atoms with Gasteiger partial charge in [-0.3, -0.25) is 9.36 Å². The van der Waals surface area contributed by atoms with Gasteiger partial charge in [0.05, 0.1) is 17.5 Å². The monoisotopic (exact) mass is 500 g/mol. The molecular formula is C29H28N2O6. The van der Waals surface area contributed by atoms with E-state index in [1.807, 2.05) is 49.4 Å². The van der Waals surface area contributed by atoms with Crippen LogP contribution in [-0.2, 0) is 17.6 Å². The number of amides is 1. The van der Waals surface area contributed by atoms with Crippen molar-refractivity contribution in [1.82, 2.24) is 9.88 Å². The van der Waals surface area contributed by atoms with Crippen molar-refractivity contribution in [3.05, 3.63) is 95.7 Å². The summed E-state index contributed by atoms with van der Waals surface area (Å²) in [6, 6.07) is 21.8. The fraction of sp³-hybridized carbons (Fsp3) is 0.241. The lowest BCUT2D eigenvalue weighted by molar-refractivity contribution is -0.125. The molecule has 1 aromatic heterocycles. The van der Waals surface area contributed by atoms with E-state index in [0.717, 1.165) is 16.5 Å². The van der Waals surface area contributed by atoms with E-state index in [1.165, 1.54) is 4.57 Å². The van der Waals surface area contributed by atoms with E-state index in [-0.39, 0.29) is 18.7 Å². The molecule has 190 valence electrons. The first-order valence-corrected chi connectivity index (χ1v) is 12.1. The number of ether oxygens (including phenoxy) is 2. The Hall–Kier alpha value is -4.30.